The van der Waals surface area contributed by atoms with E-state index in [1.54, 1.807) is 60.7 Å². The van der Waals surface area contributed by atoms with Gasteiger partial charge >= 0.3 is 0 Å². The molecule has 3 aromatic carbocycles. The minimum absolute atomic E-state index is 0.135. The molecule has 8 nitrogen and oxygen atoms in total. The summed E-state index contributed by atoms with van der Waals surface area (Å²) in [5, 5.41) is 5.99. The van der Waals surface area contributed by atoms with Crippen molar-refractivity contribution in [3.63, 3.8) is 0 Å². The Balaban J connectivity index is 1.39. The third kappa shape index (κ3) is 5.60. The normalized spacial score (nSPS) is 13.1. The molecule has 9 heteroatoms. The number of carbonyl (C=O) groups is 3. The van der Waals surface area contributed by atoms with Crippen molar-refractivity contribution in [2.75, 3.05) is 5.01 Å². The molecule has 2 N–H and O–H groups in total. The summed E-state index contributed by atoms with van der Waals surface area (Å²) in [5.74, 6) is -0.993. The van der Waals surface area contributed by atoms with Gasteiger partial charge in [-0.3, -0.25) is 25.2 Å². The maximum Gasteiger partial charge on any atom is 0.285 e. The number of rotatable bonds is 6. The van der Waals surface area contributed by atoms with E-state index in [2.05, 4.69) is 16.0 Å². The summed E-state index contributed by atoms with van der Waals surface area (Å²) in [4.78, 5) is 37.6. The molecule has 172 valence electrons. The predicted molar refractivity (Wildman–Crippen MR) is 128 cm³/mol. The molecule has 1 heterocycles. The second kappa shape index (κ2) is 10.6. The third-order valence-corrected chi connectivity index (χ3v) is 5.28. The number of anilines is 1. The van der Waals surface area contributed by atoms with E-state index in [0.717, 1.165) is 5.56 Å². The summed E-state index contributed by atoms with van der Waals surface area (Å²) < 4.78 is 5.80. The molecule has 0 aromatic heterocycles. The van der Waals surface area contributed by atoms with Crippen LogP contribution < -0.4 is 20.6 Å². The zero-order valence-electron chi connectivity index (χ0n) is 18.0. The summed E-state index contributed by atoms with van der Waals surface area (Å²) in [6, 6.07) is 22.7. The first-order valence-corrected chi connectivity index (χ1v) is 10.9. The minimum Gasteiger partial charge on any atom is -0.488 e. The SMILES string of the molecule is O=C(NNC(=O)c1ccccc1OCc1ccc(Cl)cc1)C1=NN(c2ccccc2)C(=O)CC1. The quantitative estimate of drug-likeness (QED) is 0.527. The Morgan fingerprint density at radius 3 is 2.32 bits per heavy atom. The molecule has 0 fully saturated rings. The number of hydrazine groups is 1. The van der Waals surface area contributed by atoms with E-state index in [0.29, 0.717) is 16.5 Å². The van der Waals surface area contributed by atoms with Crippen LogP contribution in [0, 0.1) is 0 Å². The average molecular weight is 477 g/mol. The Kier molecular flexibility index (Phi) is 7.19. The molecule has 3 amide bonds. The Hall–Kier alpha value is -4.17. The molecule has 0 saturated heterocycles. The van der Waals surface area contributed by atoms with Crippen molar-refractivity contribution in [3.8, 4) is 5.75 Å². The number of ether oxygens (including phenoxy) is 1. The number of benzene rings is 3. The molecule has 0 spiro atoms. The van der Waals surface area contributed by atoms with Crippen LogP contribution in [0.25, 0.3) is 0 Å². The zero-order chi connectivity index (χ0) is 23.9. The van der Waals surface area contributed by atoms with E-state index in [4.69, 9.17) is 16.3 Å². The van der Waals surface area contributed by atoms with Gasteiger partial charge in [0, 0.05) is 17.9 Å². The Morgan fingerprint density at radius 2 is 1.56 bits per heavy atom. The van der Waals surface area contributed by atoms with Crippen LogP contribution >= 0.6 is 11.6 Å². The number of halogens is 1. The predicted octanol–water partition coefficient (Wildman–Crippen LogP) is 3.86. The Morgan fingerprint density at radius 1 is 0.882 bits per heavy atom. The van der Waals surface area contributed by atoms with E-state index in [-0.39, 0.29) is 36.6 Å². The molecular formula is C25H21ClN4O4. The second-order valence-electron chi connectivity index (χ2n) is 7.41. The summed E-state index contributed by atoms with van der Waals surface area (Å²) in [5.41, 5.74) is 6.60. The summed E-state index contributed by atoms with van der Waals surface area (Å²) in [6.45, 7) is 0.244. The van der Waals surface area contributed by atoms with Gasteiger partial charge in [-0.1, -0.05) is 54.1 Å². The number of nitrogens with one attached hydrogen (secondary N) is 2. The molecule has 1 aliphatic heterocycles. The van der Waals surface area contributed by atoms with Crippen LogP contribution in [0.5, 0.6) is 5.75 Å². The van der Waals surface area contributed by atoms with Gasteiger partial charge in [0.1, 0.15) is 18.1 Å². The standard InChI is InChI=1S/C25H21ClN4O4/c26-18-12-10-17(11-13-18)16-34-22-9-5-4-8-20(22)24(32)27-28-25(33)21-14-15-23(31)30(29-21)19-6-2-1-3-7-19/h1-13H,14-16H2,(H,27,32)(H,28,33). The van der Waals surface area contributed by atoms with Crippen molar-refractivity contribution in [2.24, 2.45) is 5.10 Å². The summed E-state index contributed by atoms with van der Waals surface area (Å²) >= 11 is 5.90. The maximum absolute atomic E-state index is 12.7. The van der Waals surface area contributed by atoms with Gasteiger partial charge in [0.25, 0.3) is 11.8 Å². The van der Waals surface area contributed by atoms with E-state index in [1.807, 2.05) is 18.2 Å². The fourth-order valence-corrected chi connectivity index (χ4v) is 3.39. The van der Waals surface area contributed by atoms with Crippen LogP contribution in [0.2, 0.25) is 5.02 Å². The van der Waals surface area contributed by atoms with Crippen molar-refractivity contribution >= 4 is 40.7 Å². The molecule has 0 saturated carbocycles. The fraction of sp³-hybridized carbons (Fsp3) is 0.120. The number of hydrogen-bond donors (Lipinski definition) is 2. The highest BCUT2D eigenvalue weighted by molar-refractivity contribution is 6.40. The van der Waals surface area contributed by atoms with Crippen LogP contribution in [0.4, 0.5) is 5.69 Å². The monoisotopic (exact) mass is 476 g/mol. The molecular weight excluding hydrogens is 456 g/mol. The first-order chi connectivity index (χ1) is 16.5. The Bertz CT molecular complexity index is 1230. The van der Waals surface area contributed by atoms with Gasteiger partial charge in [-0.25, -0.2) is 5.01 Å². The van der Waals surface area contributed by atoms with Gasteiger partial charge in [0.05, 0.1) is 11.3 Å². The van der Waals surface area contributed by atoms with E-state index in [9.17, 15) is 14.4 Å². The fourth-order valence-electron chi connectivity index (χ4n) is 3.26. The van der Waals surface area contributed by atoms with Gasteiger partial charge in [-0.2, -0.15) is 5.10 Å². The van der Waals surface area contributed by atoms with Gasteiger partial charge in [-0.05, 0) is 42.0 Å². The summed E-state index contributed by atoms with van der Waals surface area (Å²) in [7, 11) is 0. The Labute approximate surface area is 201 Å². The molecule has 0 aliphatic carbocycles. The lowest BCUT2D eigenvalue weighted by Crippen LogP contribution is -2.47. The molecule has 1 aliphatic rings. The molecule has 0 radical (unpaired) electrons. The van der Waals surface area contributed by atoms with Gasteiger partial charge in [-0.15, -0.1) is 0 Å². The minimum atomic E-state index is -0.596. The van der Waals surface area contributed by atoms with Crippen LogP contribution in [-0.4, -0.2) is 23.4 Å². The number of para-hydroxylation sites is 2. The van der Waals surface area contributed by atoms with Gasteiger partial charge < -0.3 is 4.74 Å². The highest BCUT2D eigenvalue weighted by Gasteiger charge is 2.26. The molecule has 4 rings (SSSR count). The first kappa shape index (κ1) is 23.0. The third-order valence-electron chi connectivity index (χ3n) is 5.02. The van der Waals surface area contributed by atoms with E-state index >= 15 is 0 Å². The number of amides is 3. The van der Waals surface area contributed by atoms with Crippen molar-refractivity contribution in [1.29, 1.82) is 0 Å². The second-order valence-corrected chi connectivity index (χ2v) is 7.84. The molecule has 0 bridgehead atoms. The first-order valence-electron chi connectivity index (χ1n) is 10.5. The number of nitrogens with zero attached hydrogens (tertiary/aromatic N) is 2. The lowest BCUT2D eigenvalue weighted by molar-refractivity contribution is -0.119. The van der Waals surface area contributed by atoms with Crippen LogP contribution in [0.3, 0.4) is 0 Å². The highest BCUT2D eigenvalue weighted by Crippen LogP contribution is 2.21. The molecule has 34 heavy (non-hydrogen) atoms. The number of hydrazone groups is 1. The molecule has 0 unspecified atom stereocenters. The molecule has 3 aromatic rings. The maximum atomic E-state index is 12.7. The lowest BCUT2D eigenvalue weighted by Gasteiger charge is -2.23. The lowest BCUT2D eigenvalue weighted by atomic mass is 10.1. The van der Waals surface area contributed by atoms with Crippen molar-refractivity contribution in [1.82, 2.24) is 10.9 Å². The van der Waals surface area contributed by atoms with Gasteiger partial charge in [0.2, 0.25) is 5.91 Å². The largest absolute Gasteiger partial charge is 0.488 e. The van der Waals surface area contributed by atoms with Crippen LogP contribution in [0.1, 0.15) is 28.8 Å². The molecule has 0 atom stereocenters. The topological polar surface area (TPSA) is 100 Å². The zero-order valence-corrected chi connectivity index (χ0v) is 18.8. The van der Waals surface area contributed by atoms with Crippen LogP contribution in [0.15, 0.2) is 84.0 Å². The van der Waals surface area contributed by atoms with Crippen LogP contribution in [-0.2, 0) is 16.2 Å². The number of hydrogen-bond acceptors (Lipinski definition) is 5. The van der Waals surface area contributed by atoms with E-state index in [1.165, 1.54) is 5.01 Å². The number of carbonyl (C=O) groups excluding carboxylic acids is 3. The highest BCUT2D eigenvalue weighted by atomic mass is 35.5. The van der Waals surface area contributed by atoms with Crippen molar-refractivity contribution in [2.45, 2.75) is 19.4 Å². The van der Waals surface area contributed by atoms with Crippen molar-refractivity contribution < 1.29 is 19.1 Å². The van der Waals surface area contributed by atoms with Crippen molar-refractivity contribution in [3.05, 3.63) is 95.0 Å². The summed E-state index contributed by atoms with van der Waals surface area (Å²) in [6.07, 6.45) is 0.307. The van der Waals surface area contributed by atoms with E-state index < -0.39 is 11.8 Å². The average Bonchev–Trinajstić information content (AvgIpc) is 2.87. The smallest absolute Gasteiger partial charge is 0.285 e. The van der Waals surface area contributed by atoms with Gasteiger partial charge in [0.15, 0.2) is 0 Å².